The molecule has 0 N–H and O–H groups in total. The van der Waals surface area contributed by atoms with Crippen LogP contribution in [0, 0.1) is 11.3 Å². The molecular formula is C20H30O3S. The fraction of sp³-hybridized carbons (Fsp3) is 0.650. The molecule has 2 rings (SSSR count). The number of carbonyl (C=O) groups is 1. The first-order valence-corrected chi connectivity index (χ1v) is 9.98. The molecule has 1 aliphatic heterocycles. The van der Waals surface area contributed by atoms with Crippen molar-refractivity contribution in [2.24, 2.45) is 11.3 Å². The Bertz CT molecular complexity index is 510. The average molecular weight is 351 g/mol. The summed E-state index contributed by atoms with van der Waals surface area (Å²) in [6.07, 6.45) is 2.89. The van der Waals surface area contributed by atoms with E-state index in [0.717, 1.165) is 49.4 Å². The molecule has 0 amide bonds. The summed E-state index contributed by atoms with van der Waals surface area (Å²) in [4.78, 5) is 12.2. The van der Waals surface area contributed by atoms with Crippen LogP contribution in [0.5, 0.6) is 0 Å². The number of thioether (sulfide) groups is 1. The van der Waals surface area contributed by atoms with Gasteiger partial charge in [-0.05, 0) is 25.2 Å². The molecule has 1 fully saturated rings. The molecule has 0 spiro atoms. The Morgan fingerprint density at radius 2 is 1.75 bits per heavy atom. The molecule has 1 aromatic carbocycles. The minimum absolute atomic E-state index is 0.142. The molecule has 1 aliphatic rings. The molecule has 0 unspecified atom stereocenters. The third-order valence-electron chi connectivity index (χ3n) is 4.93. The number of hydrogen-bond acceptors (Lipinski definition) is 4. The molecule has 0 aromatic heterocycles. The minimum Gasteiger partial charge on any atom is -0.348 e. The molecule has 0 radical (unpaired) electrons. The average Bonchev–Trinajstić information content (AvgIpc) is 2.61. The van der Waals surface area contributed by atoms with Gasteiger partial charge in [-0.15, -0.1) is 0 Å². The molecule has 4 heteroatoms. The minimum atomic E-state index is -0.311. The maximum absolute atomic E-state index is 12.2. The monoisotopic (exact) mass is 350 g/mol. The molecule has 0 bridgehead atoms. The highest BCUT2D eigenvalue weighted by Gasteiger charge is 2.34. The van der Waals surface area contributed by atoms with Gasteiger partial charge in [0.25, 0.3) is 0 Å². The zero-order valence-electron chi connectivity index (χ0n) is 15.3. The standard InChI is InChI=1S/C20H30O3S/c1-5-20(6-2)13-22-19(23-14-20)17-9-7-16(8-10-17)18(21)24-12-11-15(3)4/h7-10,15,19H,5-6,11-14H2,1-4H3. The van der Waals surface area contributed by atoms with Crippen molar-refractivity contribution in [3.8, 4) is 0 Å². The van der Waals surface area contributed by atoms with Crippen LogP contribution in [0.4, 0.5) is 0 Å². The smallest absolute Gasteiger partial charge is 0.219 e. The van der Waals surface area contributed by atoms with Crippen molar-refractivity contribution in [2.75, 3.05) is 19.0 Å². The molecule has 1 saturated heterocycles. The second-order valence-electron chi connectivity index (χ2n) is 7.10. The van der Waals surface area contributed by atoms with Gasteiger partial charge in [0, 0.05) is 22.3 Å². The van der Waals surface area contributed by atoms with E-state index in [-0.39, 0.29) is 16.8 Å². The van der Waals surface area contributed by atoms with Gasteiger partial charge in [-0.1, -0.05) is 63.7 Å². The van der Waals surface area contributed by atoms with Gasteiger partial charge in [0.1, 0.15) is 0 Å². The van der Waals surface area contributed by atoms with Crippen LogP contribution in [0.3, 0.4) is 0 Å². The predicted molar refractivity (Wildman–Crippen MR) is 100 cm³/mol. The largest absolute Gasteiger partial charge is 0.348 e. The van der Waals surface area contributed by atoms with Crippen LogP contribution in [-0.4, -0.2) is 24.1 Å². The van der Waals surface area contributed by atoms with E-state index in [9.17, 15) is 4.79 Å². The van der Waals surface area contributed by atoms with Gasteiger partial charge in [0.05, 0.1) is 13.2 Å². The van der Waals surface area contributed by atoms with E-state index in [1.54, 1.807) is 0 Å². The lowest BCUT2D eigenvalue weighted by molar-refractivity contribution is -0.235. The van der Waals surface area contributed by atoms with Crippen molar-refractivity contribution < 1.29 is 14.3 Å². The maximum atomic E-state index is 12.2. The van der Waals surface area contributed by atoms with Crippen LogP contribution < -0.4 is 0 Å². The van der Waals surface area contributed by atoms with Crippen LogP contribution in [0.1, 0.15) is 69.2 Å². The predicted octanol–water partition coefficient (Wildman–Crippen LogP) is 5.46. The Kier molecular flexibility index (Phi) is 7.33. The molecule has 0 saturated carbocycles. The van der Waals surface area contributed by atoms with Gasteiger partial charge >= 0.3 is 0 Å². The summed E-state index contributed by atoms with van der Waals surface area (Å²) in [7, 11) is 0. The Balaban J connectivity index is 1.89. The summed E-state index contributed by atoms with van der Waals surface area (Å²) in [5.41, 5.74) is 1.89. The van der Waals surface area contributed by atoms with Gasteiger partial charge in [-0.25, -0.2) is 0 Å². The summed E-state index contributed by atoms with van der Waals surface area (Å²) in [6.45, 7) is 10.2. The van der Waals surface area contributed by atoms with Gasteiger partial charge < -0.3 is 9.47 Å². The van der Waals surface area contributed by atoms with Crippen molar-refractivity contribution in [1.82, 2.24) is 0 Å². The molecular weight excluding hydrogens is 320 g/mol. The van der Waals surface area contributed by atoms with Crippen LogP contribution in [-0.2, 0) is 9.47 Å². The lowest BCUT2D eigenvalue weighted by Gasteiger charge is -2.39. The lowest BCUT2D eigenvalue weighted by atomic mass is 9.83. The summed E-state index contributed by atoms with van der Waals surface area (Å²) >= 11 is 1.40. The van der Waals surface area contributed by atoms with E-state index in [1.807, 2.05) is 24.3 Å². The molecule has 0 aliphatic carbocycles. The van der Waals surface area contributed by atoms with E-state index in [2.05, 4.69) is 27.7 Å². The van der Waals surface area contributed by atoms with Crippen molar-refractivity contribution in [2.45, 2.75) is 53.2 Å². The second kappa shape index (κ2) is 9.02. The quantitative estimate of drug-likeness (QED) is 0.654. The molecule has 134 valence electrons. The highest BCUT2D eigenvalue weighted by molar-refractivity contribution is 8.14. The van der Waals surface area contributed by atoms with E-state index in [4.69, 9.17) is 9.47 Å². The van der Waals surface area contributed by atoms with Crippen LogP contribution in [0.15, 0.2) is 24.3 Å². The molecule has 3 nitrogen and oxygen atoms in total. The number of rotatable bonds is 7. The van der Waals surface area contributed by atoms with Crippen LogP contribution in [0.25, 0.3) is 0 Å². The Morgan fingerprint density at radius 3 is 2.25 bits per heavy atom. The highest BCUT2D eigenvalue weighted by atomic mass is 32.2. The van der Waals surface area contributed by atoms with Gasteiger partial charge in [0.2, 0.25) is 5.12 Å². The van der Waals surface area contributed by atoms with Gasteiger partial charge in [-0.3, -0.25) is 4.79 Å². The first kappa shape index (κ1) is 19.5. The topological polar surface area (TPSA) is 35.5 Å². The number of ether oxygens (including phenoxy) is 2. The zero-order valence-corrected chi connectivity index (χ0v) is 16.2. The maximum Gasteiger partial charge on any atom is 0.219 e. The normalized spacial score (nSPS) is 18.0. The van der Waals surface area contributed by atoms with Gasteiger partial charge in [-0.2, -0.15) is 0 Å². The first-order chi connectivity index (χ1) is 11.5. The highest BCUT2D eigenvalue weighted by Crippen LogP contribution is 2.36. The molecule has 1 heterocycles. The van der Waals surface area contributed by atoms with E-state index in [0.29, 0.717) is 5.92 Å². The summed E-state index contributed by atoms with van der Waals surface area (Å²) in [5, 5.41) is 0.142. The Hall–Kier alpha value is -0.840. The van der Waals surface area contributed by atoms with Crippen LogP contribution >= 0.6 is 11.8 Å². The SMILES string of the molecule is CCC1(CC)COC(c2ccc(C(=O)SCCC(C)C)cc2)OC1. The van der Waals surface area contributed by atoms with E-state index < -0.39 is 0 Å². The summed E-state index contributed by atoms with van der Waals surface area (Å²) in [5.74, 6) is 1.51. The third kappa shape index (κ3) is 5.08. The van der Waals surface area contributed by atoms with Crippen molar-refractivity contribution in [3.63, 3.8) is 0 Å². The van der Waals surface area contributed by atoms with Crippen molar-refractivity contribution in [3.05, 3.63) is 35.4 Å². The zero-order chi connectivity index (χ0) is 17.6. The van der Waals surface area contributed by atoms with Crippen molar-refractivity contribution in [1.29, 1.82) is 0 Å². The number of carbonyl (C=O) groups excluding carboxylic acids is 1. The molecule has 0 atom stereocenters. The van der Waals surface area contributed by atoms with E-state index >= 15 is 0 Å². The molecule has 1 aromatic rings. The van der Waals surface area contributed by atoms with Crippen molar-refractivity contribution >= 4 is 16.9 Å². The van der Waals surface area contributed by atoms with E-state index in [1.165, 1.54) is 11.8 Å². The lowest BCUT2D eigenvalue weighted by Crippen LogP contribution is -2.37. The van der Waals surface area contributed by atoms with Gasteiger partial charge in [0.15, 0.2) is 6.29 Å². The molecule has 24 heavy (non-hydrogen) atoms. The summed E-state index contributed by atoms with van der Waals surface area (Å²) in [6, 6.07) is 7.67. The first-order valence-electron chi connectivity index (χ1n) is 9.00. The summed E-state index contributed by atoms with van der Waals surface area (Å²) < 4.78 is 11.9. The Morgan fingerprint density at radius 1 is 1.17 bits per heavy atom. The fourth-order valence-electron chi connectivity index (χ4n) is 2.69. The number of hydrogen-bond donors (Lipinski definition) is 0. The Labute approximate surface area is 150 Å². The second-order valence-corrected chi connectivity index (χ2v) is 8.17. The fourth-order valence-corrected chi connectivity index (χ4v) is 3.77. The number of benzene rings is 1. The van der Waals surface area contributed by atoms with Crippen LogP contribution in [0.2, 0.25) is 0 Å². The third-order valence-corrected chi connectivity index (χ3v) is 5.87.